The Bertz CT molecular complexity index is 469. The average molecular weight is 226 g/mol. The molecular weight excluding hydrogens is 211 g/mol. The molecular formula is C11H15FN2O2. The summed E-state index contributed by atoms with van der Waals surface area (Å²) in [7, 11) is 0. The molecule has 0 radical (unpaired) electrons. The van der Waals surface area contributed by atoms with Crippen LogP contribution in [-0.2, 0) is 6.42 Å². The molecule has 1 aromatic heterocycles. The lowest BCUT2D eigenvalue weighted by Crippen LogP contribution is -2.15. The van der Waals surface area contributed by atoms with Gasteiger partial charge in [0.15, 0.2) is 5.82 Å². The van der Waals surface area contributed by atoms with Crippen LogP contribution < -0.4 is 5.76 Å². The third-order valence-electron chi connectivity index (χ3n) is 2.15. The molecule has 16 heavy (non-hydrogen) atoms. The van der Waals surface area contributed by atoms with E-state index in [4.69, 9.17) is 0 Å². The van der Waals surface area contributed by atoms with Crippen LogP contribution in [0.1, 0.15) is 26.6 Å². The topological polar surface area (TPSA) is 48.0 Å². The summed E-state index contributed by atoms with van der Waals surface area (Å²) in [6, 6.07) is 0. The van der Waals surface area contributed by atoms with Gasteiger partial charge in [-0.2, -0.15) is 0 Å². The first-order valence-electron chi connectivity index (χ1n) is 5.11. The Labute approximate surface area is 93.1 Å². The van der Waals surface area contributed by atoms with Crippen LogP contribution in [0.15, 0.2) is 27.0 Å². The number of aryl methyl sites for hydroxylation is 1. The summed E-state index contributed by atoms with van der Waals surface area (Å²) >= 11 is 0. The monoisotopic (exact) mass is 226 g/mol. The molecule has 0 aliphatic heterocycles. The normalized spacial score (nSPS) is 13.2. The third kappa shape index (κ3) is 2.48. The first kappa shape index (κ1) is 12.4. The van der Waals surface area contributed by atoms with Gasteiger partial charge in [0.25, 0.3) is 0 Å². The molecule has 0 atom stereocenters. The molecule has 0 unspecified atom stereocenters. The van der Waals surface area contributed by atoms with E-state index in [1.54, 1.807) is 26.0 Å². The maximum atomic E-state index is 12.4. The second kappa shape index (κ2) is 5.44. The van der Waals surface area contributed by atoms with Crippen molar-refractivity contribution in [3.05, 3.63) is 34.1 Å². The minimum Gasteiger partial charge on any atom is -0.296 e. The van der Waals surface area contributed by atoms with Crippen molar-refractivity contribution in [1.29, 1.82) is 0 Å². The van der Waals surface area contributed by atoms with Gasteiger partial charge in [-0.05, 0) is 25.5 Å². The highest BCUT2D eigenvalue weighted by molar-refractivity contribution is 5.58. The first-order valence-corrected chi connectivity index (χ1v) is 5.11. The Kier molecular flexibility index (Phi) is 4.22. The molecule has 1 heterocycles. The van der Waals surface area contributed by atoms with Crippen molar-refractivity contribution in [2.75, 3.05) is 6.67 Å². The van der Waals surface area contributed by atoms with Crippen LogP contribution in [0.5, 0.6) is 0 Å². The molecule has 0 N–H and O–H groups in total. The molecule has 0 fully saturated rings. The van der Waals surface area contributed by atoms with E-state index in [1.165, 1.54) is 4.57 Å². The van der Waals surface area contributed by atoms with Crippen molar-refractivity contribution < 1.29 is 8.91 Å². The molecule has 5 heteroatoms. The number of hydrogen-bond acceptors (Lipinski definition) is 3. The largest absolute Gasteiger partial charge is 0.446 e. The molecule has 88 valence electrons. The van der Waals surface area contributed by atoms with E-state index >= 15 is 0 Å². The second-order valence-corrected chi connectivity index (χ2v) is 3.39. The molecule has 0 amide bonds. The third-order valence-corrected chi connectivity index (χ3v) is 2.15. The summed E-state index contributed by atoms with van der Waals surface area (Å²) in [5, 5.41) is 3.65. The fourth-order valence-corrected chi connectivity index (χ4v) is 1.32. The van der Waals surface area contributed by atoms with Gasteiger partial charge in [-0.15, -0.1) is 0 Å². The molecule has 0 bridgehead atoms. The number of rotatable bonds is 4. The summed E-state index contributed by atoms with van der Waals surface area (Å²) < 4.78 is 18.3. The van der Waals surface area contributed by atoms with Crippen molar-refractivity contribution in [2.45, 2.75) is 27.2 Å². The van der Waals surface area contributed by atoms with Crippen molar-refractivity contribution in [2.24, 2.45) is 0 Å². The maximum absolute atomic E-state index is 12.4. The number of nitrogens with zero attached hydrogens (tertiary/aromatic N) is 2. The number of allylic oxidation sites excluding steroid dienone is 4. The van der Waals surface area contributed by atoms with Gasteiger partial charge in [0, 0.05) is 12.1 Å². The average Bonchev–Trinajstić information content (AvgIpc) is 2.67. The fourth-order valence-electron chi connectivity index (χ4n) is 1.32. The summed E-state index contributed by atoms with van der Waals surface area (Å²) in [6.07, 6.45) is 3.90. The van der Waals surface area contributed by atoms with Crippen LogP contribution in [0.25, 0.3) is 5.70 Å². The zero-order valence-corrected chi connectivity index (χ0v) is 9.66. The molecule has 0 aliphatic rings. The van der Waals surface area contributed by atoms with Crippen LogP contribution in [0.4, 0.5) is 4.39 Å². The molecule has 0 aromatic carbocycles. The molecule has 4 nitrogen and oxygen atoms in total. The molecule has 1 aromatic rings. The van der Waals surface area contributed by atoms with Crippen molar-refractivity contribution in [3.63, 3.8) is 0 Å². The van der Waals surface area contributed by atoms with E-state index in [9.17, 15) is 9.18 Å². The van der Waals surface area contributed by atoms with Crippen LogP contribution in [-0.4, -0.2) is 16.4 Å². The van der Waals surface area contributed by atoms with Crippen LogP contribution in [0.2, 0.25) is 0 Å². The van der Waals surface area contributed by atoms with E-state index in [0.29, 0.717) is 23.5 Å². The Morgan fingerprint density at radius 2 is 2.31 bits per heavy atom. The molecule has 0 spiro atoms. The van der Waals surface area contributed by atoms with Gasteiger partial charge >= 0.3 is 5.76 Å². The summed E-state index contributed by atoms with van der Waals surface area (Å²) in [6.45, 7) is 4.76. The molecule has 0 saturated carbocycles. The van der Waals surface area contributed by atoms with Gasteiger partial charge in [-0.1, -0.05) is 18.2 Å². The first-order chi connectivity index (χ1) is 7.63. The Hall–Kier alpha value is -1.65. The Morgan fingerprint density at radius 1 is 1.62 bits per heavy atom. The van der Waals surface area contributed by atoms with E-state index in [1.807, 2.05) is 6.92 Å². The molecule has 0 saturated heterocycles. The van der Waals surface area contributed by atoms with Gasteiger partial charge in [0.2, 0.25) is 0 Å². The minimum absolute atomic E-state index is 0.529. The van der Waals surface area contributed by atoms with Crippen LogP contribution in [0.3, 0.4) is 0 Å². The Balaban J connectivity index is 3.25. The summed E-state index contributed by atoms with van der Waals surface area (Å²) in [4.78, 5) is 11.4. The Morgan fingerprint density at radius 3 is 2.81 bits per heavy atom. The molecule has 1 rings (SSSR count). The zero-order chi connectivity index (χ0) is 12.1. The number of halogens is 1. The number of hydrogen-bond donors (Lipinski definition) is 0. The zero-order valence-electron chi connectivity index (χ0n) is 9.66. The standard InChI is InChI=1S/C11H15FN2O2/c1-4-9(6-8(3)7-12)14-10(5-2)13-16-11(14)15/h4,6H,5,7H2,1-3H3/b8-6-,9-4+. The molecule has 0 aliphatic carbocycles. The van der Waals surface area contributed by atoms with Crippen LogP contribution >= 0.6 is 0 Å². The van der Waals surface area contributed by atoms with Crippen molar-refractivity contribution in [3.8, 4) is 0 Å². The van der Waals surface area contributed by atoms with Gasteiger partial charge < -0.3 is 0 Å². The van der Waals surface area contributed by atoms with Gasteiger partial charge in [-0.3, -0.25) is 4.52 Å². The second-order valence-electron chi connectivity index (χ2n) is 3.39. The lowest BCUT2D eigenvalue weighted by atomic mass is 10.2. The highest BCUT2D eigenvalue weighted by atomic mass is 19.1. The number of alkyl halides is 1. The SMILES string of the molecule is C/C=C(\C=C(\C)CF)n1c(CC)noc1=O. The predicted octanol–water partition coefficient (Wildman–Crippen LogP) is 2.18. The van der Waals surface area contributed by atoms with Gasteiger partial charge in [-0.25, -0.2) is 13.8 Å². The lowest BCUT2D eigenvalue weighted by Gasteiger charge is -2.04. The van der Waals surface area contributed by atoms with E-state index in [0.717, 1.165) is 0 Å². The predicted molar refractivity (Wildman–Crippen MR) is 59.8 cm³/mol. The van der Waals surface area contributed by atoms with Crippen molar-refractivity contribution in [1.82, 2.24) is 9.72 Å². The van der Waals surface area contributed by atoms with E-state index < -0.39 is 12.4 Å². The van der Waals surface area contributed by atoms with Gasteiger partial charge in [0.05, 0.1) is 0 Å². The number of aromatic nitrogens is 2. The summed E-state index contributed by atoms with van der Waals surface area (Å²) in [5.41, 5.74) is 1.13. The summed E-state index contributed by atoms with van der Waals surface area (Å²) in [5.74, 6) is -0.0196. The quantitative estimate of drug-likeness (QED) is 0.739. The van der Waals surface area contributed by atoms with E-state index in [-0.39, 0.29) is 0 Å². The lowest BCUT2D eigenvalue weighted by molar-refractivity contribution is 0.379. The van der Waals surface area contributed by atoms with Crippen molar-refractivity contribution >= 4 is 5.70 Å². The smallest absolute Gasteiger partial charge is 0.296 e. The fraction of sp³-hybridized carbons (Fsp3) is 0.455. The van der Waals surface area contributed by atoms with Gasteiger partial charge in [0.1, 0.15) is 6.67 Å². The minimum atomic E-state index is -0.548. The highest BCUT2D eigenvalue weighted by Crippen LogP contribution is 2.10. The maximum Gasteiger partial charge on any atom is 0.446 e. The van der Waals surface area contributed by atoms with Crippen LogP contribution in [0, 0.1) is 0 Å². The highest BCUT2D eigenvalue weighted by Gasteiger charge is 2.11. The van der Waals surface area contributed by atoms with E-state index in [2.05, 4.69) is 9.68 Å².